The number of rotatable bonds is 3. The number of aromatic carboxylic acids is 1. The molecule has 1 amide bonds. The van der Waals surface area contributed by atoms with E-state index in [9.17, 15) is 9.59 Å². The van der Waals surface area contributed by atoms with Crippen molar-refractivity contribution in [2.75, 3.05) is 0 Å². The minimum atomic E-state index is -1.07. The Bertz CT molecular complexity index is 683. The molecule has 5 nitrogen and oxygen atoms in total. The fraction of sp³-hybridized carbons (Fsp3) is 0.133. The van der Waals surface area contributed by atoms with E-state index in [-0.39, 0.29) is 11.5 Å². The van der Waals surface area contributed by atoms with E-state index < -0.39 is 5.97 Å². The number of fused-ring (bicyclic) bond motifs is 1. The Labute approximate surface area is 115 Å². The fourth-order valence-corrected chi connectivity index (χ4v) is 2.28. The van der Waals surface area contributed by atoms with Gasteiger partial charge in [0, 0.05) is 12.7 Å². The van der Waals surface area contributed by atoms with Gasteiger partial charge in [0.05, 0.1) is 23.4 Å². The Morgan fingerprint density at radius 1 is 1.30 bits per heavy atom. The third-order valence-corrected chi connectivity index (χ3v) is 3.29. The van der Waals surface area contributed by atoms with Gasteiger partial charge in [0.1, 0.15) is 0 Å². The first-order chi connectivity index (χ1) is 9.65. The molecule has 0 unspecified atom stereocenters. The van der Waals surface area contributed by atoms with Crippen molar-refractivity contribution >= 4 is 11.9 Å². The Hall–Kier alpha value is -2.69. The highest BCUT2D eigenvalue weighted by atomic mass is 16.4. The van der Waals surface area contributed by atoms with Gasteiger partial charge < -0.3 is 10.0 Å². The van der Waals surface area contributed by atoms with Gasteiger partial charge in [-0.15, -0.1) is 0 Å². The number of pyridine rings is 1. The van der Waals surface area contributed by atoms with Crippen molar-refractivity contribution in [2.45, 2.75) is 13.1 Å². The summed E-state index contributed by atoms with van der Waals surface area (Å²) in [5, 5.41) is 8.94. The van der Waals surface area contributed by atoms with E-state index >= 15 is 0 Å². The third kappa shape index (κ3) is 2.14. The summed E-state index contributed by atoms with van der Waals surface area (Å²) in [6.45, 7) is 0.918. The van der Waals surface area contributed by atoms with Gasteiger partial charge >= 0.3 is 5.97 Å². The predicted octanol–water partition coefficient (Wildman–Crippen LogP) is 1.94. The zero-order valence-corrected chi connectivity index (χ0v) is 10.6. The molecule has 0 fully saturated rings. The quantitative estimate of drug-likeness (QED) is 0.923. The van der Waals surface area contributed by atoms with E-state index in [4.69, 9.17) is 5.11 Å². The molecule has 2 heterocycles. The normalized spacial score (nSPS) is 13.4. The van der Waals surface area contributed by atoms with E-state index in [1.54, 1.807) is 4.90 Å². The lowest BCUT2D eigenvalue weighted by molar-refractivity contribution is 0.0696. The lowest BCUT2D eigenvalue weighted by Gasteiger charge is -2.14. The average Bonchev–Trinajstić information content (AvgIpc) is 2.76. The van der Waals surface area contributed by atoms with Crippen LogP contribution in [-0.2, 0) is 13.1 Å². The SMILES string of the molecule is O=C(O)c1cnc2c(c1)C(=O)N(Cc1ccccc1)C2. The van der Waals surface area contributed by atoms with Gasteiger partial charge in [-0.3, -0.25) is 9.78 Å². The number of aromatic nitrogens is 1. The van der Waals surface area contributed by atoms with E-state index in [2.05, 4.69) is 4.98 Å². The van der Waals surface area contributed by atoms with Crippen LogP contribution in [0.3, 0.4) is 0 Å². The summed E-state index contributed by atoms with van der Waals surface area (Å²) in [7, 11) is 0. The van der Waals surface area contributed by atoms with Gasteiger partial charge in [-0.25, -0.2) is 4.79 Å². The first kappa shape index (κ1) is 12.3. The maximum absolute atomic E-state index is 12.3. The van der Waals surface area contributed by atoms with E-state index in [0.29, 0.717) is 24.3 Å². The van der Waals surface area contributed by atoms with Crippen LogP contribution in [0.2, 0.25) is 0 Å². The minimum absolute atomic E-state index is 0.0404. The molecule has 1 aromatic carbocycles. The molecule has 100 valence electrons. The van der Waals surface area contributed by atoms with Gasteiger partial charge in [0.25, 0.3) is 5.91 Å². The van der Waals surface area contributed by atoms with E-state index in [1.165, 1.54) is 12.3 Å². The maximum atomic E-state index is 12.3. The van der Waals surface area contributed by atoms with Crippen molar-refractivity contribution in [3.8, 4) is 0 Å². The Morgan fingerprint density at radius 3 is 2.75 bits per heavy atom. The topological polar surface area (TPSA) is 70.5 Å². The van der Waals surface area contributed by atoms with Crippen LogP contribution in [0.25, 0.3) is 0 Å². The molecule has 0 saturated carbocycles. The van der Waals surface area contributed by atoms with Crippen molar-refractivity contribution in [1.82, 2.24) is 9.88 Å². The summed E-state index contributed by atoms with van der Waals surface area (Å²) in [6.07, 6.45) is 1.29. The van der Waals surface area contributed by atoms with Crippen molar-refractivity contribution in [1.29, 1.82) is 0 Å². The number of carbonyl (C=O) groups excluding carboxylic acids is 1. The summed E-state index contributed by atoms with van der Waals surface area (Å²) in [5.74, 6) is -1.24. The number of nitrogens with zero attached hydrogens (tertiary/aromatic N) is 2. The molecule has 0 radical (unpaired) electrons. The van der Waals surface area contributed by atoms with E-state index in [0.717, 1.165) is 5.56 Å². The first-order valence-electron chi connectivity index (χ1n) is 6.20. The zero-order chi connectivity index (χ0) is 14.1. The summed E-state index contributed by atoms with van der Waals surface area (Å²) in [6, 6.07) is 11.1. The molecule has 20 heavy (non-hydrogen) atoms. The third-order valence-electron chi connectivity index (χ3n) is 3.29. The molecule has 0 spiro atoms. The van der Waals surface area contributed by atoms with Gasteiger partial charge in [-0.1, -0.05) is 30.3 Å². The van der Waals surface area contributed by atoms with Crippen molar-refractivity contribution in [3.05, 3.63) is 65.0 Å². The lowest BCUT2D eigenvalue weighted by atomic mass is 10.1. The Morgan fingerprint density at radius 2 is 2.05 bits per heavy atom. The molecule has 2 aromatic rings. The second-order valence-corrected chi connectivity index (χ2v) is 4.67. The smallest absolute Gasteiger partial charge is 0.337 e. The van der Waals surface area contributed by atoms with E-state index in [1.807, 2.05) is 30.3 Å². The van der Waals surface area contributed by atoms with Gasteiger partial charge in [0.15, 0.2) is 0 Å². The first-order valence-corrected chi connectivity index (χ1v) is 6.20. The predicted molar refractivity (Wildman–Crippen MR) is 71.2 cm³/mol. The molecule has 3 rings (SSSR count). The van der Waals surface area contributed by atoms with Gasteiger partial charge in [0.2, 0.25) is 0 Å². The molecular weight excluding hydrogens is 256 g/mol. The molecule has 5 heteroatoms. The minimum Gasteiger partial charge on any atom is -0.478 e. The molecular formula is C15H12N2O3. The molecule has 1 aliphatic heterocycles. The summed E-state index contributed by atoms with van der Waals surface area (Å²) in [5.41, 5.74) is 2.10. The van der Waals surface area contributed by atoms with Crippen LogP contribution in [0.1, 0.15) is 32.0 Å². The van der Waals surface area contributed by atoms with Crippen LogP contribution >= 0.6 is 0 Å². The van der Waals surface area contributed by atoms with Crippen LogP contribution in [-0.4, -0.2) is 26.9 Å². The highest BCUT2D eigenvalue weighted by molar-refractivity contribution is 6.00. The van der Waals surface area contributed by atoms with Crippen LogP contribution in [0.15, 0.2) is 42.6 Å². The number of hydrogen-bond acceptors (Lipinski definition) is 3. The number of benzene rings is 1. The molecule has 1 N–H and O–H groups in total. The molecule has 0 atom stereocenters. The van der Waals surface area contributed by atoms with Crippen molar-refractivity contribution in [2.24, 2.45) is 0 Å². The van der Waals surface area contributed by atoms with Crippen LogP contribution in [0, 0.1) is 0 Å². The summed E-state index contributed by atoms with van der Waals surface area (Å²) in [4.78, 5) is 28.9. The standard InChI is InChI=1S/C15H12N2O3/c18-14-12-6-11(15(19)20)7-16-13(12)9-17(14)8-10-4-2-1-3-5-10/h1-7H,8-9H2,(H,19,20). The van der Waals surface area contributed by atoms with Crippen LogP contribution in [0.5, 0.6) is 0 Å². The molecule has 0 aliphatic carbocycles. The maximum Gasteiger partial charge on any atom is 0.337 e. The monoisotopic (exact) mass is 268 g/mol. The number of carboxylic acid groups (broad SMARTS) is 1. The van der Waals surface area contributed by atoms with Gasteiger partial charge in [-0.2, -0.15) is 0 Å². The molecule has 1 aliphatic rings. The molecule has 1 aromatic heterocycles. The van der Waals surface area contributed by atoms with Crippen molar-refractivity contribution in [3.63, 3.8) is 0 Å². The Kier molecular flexibility index (Phi) is 2.95. The Balaban J connectivity index is 1.85. The molecule has 0 saturated heterocycles. The number of amides is 1. The fourth-order valence-electron chi connectivity index (χ4n) is 2.28. The van der Waals surface area contributed by atoms with Gasteiger partial charge in [-0.05, 0) is 11.6 Å². The molecule has 0 bridgehead atoms. The second-order valence-electron chi connectivity index (χ2n) is 4.67. The number of carbonyl (C=O) groups is 2. The lowest BCUT2D eigenvalue weighted by Crippen LogP contribution is -2.23. The average molecular weight is 268 g/mol. The number of hydrogen-bond donors (Lipinski definition) is 1. The highest BCUT2D eigenvalue weighted by Crippen LogP contribution is 2.23. The number of carboxylic acids is 1. The van der Waals surface area contributed by atoms with Crippen LogP contribution < -0.4 is 0 Å². The zero-order valence-electron chi connectivity index (χ0n) is 10.6. The highest BCUT2D eigenvalue weighted by Gasteiger charge is 2.29. The van der Waals surface area contributed by atoms with Crippen molar-refractivity contribution < 1.29 is 14.7 Å². The summed E-state index contributed by atoms with van der Waals surface area (Å²) >= 11 is 0. The van der Waals surface area contributed by atoms with Crippen LogP contribution in [0.4, 0.5) is 0 Å². The largest absolute Gasteiger partial charge is 0.478 e. The second kappa shape index (κ2) is 4.77. The summed E-state index contributed by atoms with van der Waals surface area (Å²) < 4.78 is 0.